The van der Waals surface area contributed by atoms with Crippen LogP contribution < -0.4 is 16.0 Å². The Bertz CT molecular complexity index is 1760. The molecule has 7 unspecified atom stereocenters. The number of aliphatic hydroxyl groups is 1. The number of nitrogens with two attached hydrogens (primary N) is 1. The Kier molecular flexibility index (Phi) is 10.6. The predicted molar refractivity (Wildman–Crippen MR) is 202 cm³/mol. The number of carbonyl (C=O) groups is 4. The smallest absolute Gasteiger partial charge is 0.414 e. The van der Waals surface area contributed by atoms with Crippen molar-refractivity contribution in [3.05, 3.63) is 12.7 Å². The van der Waals surface area contributed by atoms with Crippen molar-refractivity contribution in [2.45, 2.75) is 118 Å². The van der Waals surface area contributed by atoms with Crippen LogP contribution in [0.25, 0.3) is 11.2 Å². The van der Waals surface area contributed by atoms with Crippen molar-refractivity contribution in [3.63, 3.8) is 0 Å². The van der Waals surface area contributed by atoms with Crippen LogP contribution in [0.3, 0.4) is 0 Å². The first-order valence-electron chi connectivity index (χ1n) is 20.4. The number of aryl methyl sites for hydroxylation is 1. The number of piperidine rings is 1. The highest BCUT2D eigenvalue weighted by atomic mass is 16.6. The van der Waals surface area contributed by atoms with E-state index in [2.05, 4.69) is 59.8 Å². The minimum absolute atomic E-state index is 0.0122. The minimum Gasteiger partial charge on any atom is -0.445 e. The van der Waals surface area contributed by atoms with Crippen LogP contribution in [0.2, 0.25) is 0 Å². The molecule has 54 heavy (non-hydrogen) atoms. The van der Waals surface area contributed by atoms with Crippen molar-refractivity contribution in [2.24, 2.45) is 51.6 Å². The second-order valence-corrected chi connectivity index (χ2v) is 17.8. The van der Waals surface area contributed by atoms with Gasteiger partial charge >= 0.3 is 6.09 Å². The molecule has 296 valence electrons. The molecule has 0 aromatic carbocycles. The van der Waals surface area contributed by atoms with Crippen LogP contribution in [-0.4, -0.2) is 98.1 Å². The first kappa shape index (κ1) is 38.6. The molecule has 4 heterocycles. The molecular formula is C40H60N8O6. The number of ether oxygens (including phenoxy) is 1. The molecule has 2 bridgehead atoms. The van der Waals surface area contributed by atoms with E-state index in [4.69, 9.17) is 10.5 Å². The Balaban J connectivity index is 0.952. The summed E-state index contributed by atoms with van der Waals surface area (Å²) in [5.41, 5.74) is 5.82. The number of hydrogen-bond acceptors (Lipinski definition) is 11. The van der Waals surface area contributed by atoms with E-state index in [0.29, 0.717) is 69.8 Å². The molecule has 5 aliphatic rings. The van der Waals surface area contributed by atoms with Gasteiger partial charge in [0.2, 0.25) is 11.8 Å². The van der Waals surface area contributed by atoms with Gasteiger partial charge in [-0.1, -0.05) is 34.6 Å². The van der Waals surface area contributed by atoms with E-state index in [9.17, 15) is 24.3 Å². The summed E-state index contributed by atoms with van der Waals surface area (Å²) >= 11 is 0. The first-order chi connectivity index (χ1) is 25.8. The number of aliphatic hydroxyl groups excluding tert-OH is 1. The van der Waals surface area contributed by atoms with E-state index in [-0.39, 0.29) is 41.3 Å². The number of nitrogens with zero attached hydrogens (tertiary/aromatic N) is 6. The number of Topliss-reactive ketones (excluding diaryl/α,β-unsaturated/α-hetero) is 1. The van der Waals surface area contributed by atoms with E-state index < -0.39 is 41.0 Å². The second kappa shape index (κ2) is 14.8. The number of likely N-dealkylation sites (tertiary alicyclic amines) is 1. The van der Waals surface area contributed by atoms with Crippen LogP contribution in [0.4, 0.5) is 10.6 Å². The fraction of sp³-hybridized carbons (Fsp3) is 0.775. The quantitative estimate of drug-likeness (QED) is 0.353. The maximum atomic E-state index is 13.7. The number of carbonyl (C=O) groups excluding carboxylic acids is 4. The number of aromatic nitrogens is 4. The molecule has 14 heteroatoms. The topological polar surface area (TPSA) is 186 Å². The molecule has 2 aromatic heterocycles. The molecule has 4 N–H and O–H groups in total. The van der Waals surface area contributed by atoms with Gasteiger partial charge in [-0.25, -0.2) is 19.7 Å². The number of alkyl carbamates (subject to hydrolysis) is 1. The molecule has 3 saturated carbocycles. The Morgan fingerprint density at radius 3 is 2.52 bits per heavy atom. The molecule has 2 saturated heterocycles. The van der Waals surface area contributed by atoms with Gasteiger partial charge in [-0.3, -0.25) is 19.7 Å². The van der Waals surface area contributed by atoms with Gasteiger partial charge in [0.05, 0.1) is 12.4 Å². The average molecular weight is 749 g/mol. The minimum atomic E-state index is -0.802. The van der Waals surface area contributed by atoms with Crippen molar-refractivity contribution in [3.8, 4) is 0 Å². The zero-order valence-electron chi connectivity index (χ0n) is 32.8. The zero-order valence-corrected chi connectivity index (χ0v) is 32.8. The molecule has 3 amide bonds. The number of ketones is 1. The third-order valence-corrected chi connectivity index (χ3v) is 15.3. The fourth-order valence-corrected chi connectivity index (χ4v) is 11.3. The largest absolute Gasteiger partial charge is 0.445 e. The van der Waals surface area contributed by atoms with Gasteiger partial charge in [0.25, 0.3) is 0 Å². The van der Waals surface area contributed by atoms with Crippen LogP contribution in [0.15, 0.2) is 12.7 Å². The maximum absolute atomic E-state index is 13.7. The number of nitrogens with one attached hydrogen (secondary N) is 1. The van der Waals surface area contributed by atoms with Crippen molar-refractivity contribution in [2.75, 3.05) is 37.6 Å². The van der Waals surface area contributed by atoms with Crippen LogP contribution in [0.1, 0.15) is 98.8 Å². The summed E-state index contributed by atoms with van der Waals surface area (Å²) in [7, 11) is 0. The number of fused-ring (bicyclic) bond motifs is 1. The van der Waals surface area contributed by atoms with Crippen LogP contribution in [0, 0.1) is 45.8 Å². The summed E-state index contributed by atoms with van der Waals surface area (Å²) in [4.78, 5) is 71.6. The lowest BCUT2D eigenvalue weighted by molar-refractivity contribution is -0.198. The number of amides is 3. The molecule has 2 aliphatic heterocycles. The fourth-order valence-electron chi connectivity index (χ4n) is 11.3. The van der Waals surface area contributed by atoms with Crippen LogP contribution in [0.5, 0.6) is 0 Å². The third kappa shape index (κ3) is 6.48. The van der Waals surface area contributed by atoms with E-state index in [1.165, 1.54) is 0 Å². The van der Waals surface area contributed by atoms with Crippen molar-refractivity contribution in [1.82, 2.24) is 29.7 Å². The highest BCUT2D eigenvalue weighted by Crippen LogP contribution is 2.68. The highest BCUT2D eigenvalue weighted by molar-refractivity contribution is 5.93. The number of hydrogen-bond donors (Lipinski definition) is 3. The van der Waals surface area contributed by atoms with Gasteiger partial charge in [-0.2, -0.15) is 0 Å². The second-order valence-electron chi connectivity index (χ2n) is 17.8. The number of anilines is 1. The summed E-state index contributed by atoms with van der Waals surface area (Å²) in [6, 6.07) is 0. The van der Waals surface area contributed by atoms with E-state index in [0.717, 1.165) is 50.1 Å². The number of rotatable bonds is 8. The highest BCUT2D eigenvalue weighted by Gasteiger charge is 2.68. The van der Waals surface area contributed by atoms with Crippen molar-refractivity contribution in [1.29, 1.82) is 0 Å². The van der Waals surface area contributed by atoms with Gasteiger partial charge in [0, 0.05) is 62.8 Å². The molecule has 7 rings (SSSR count). The van der Waals surface area contributed by atoms with E-state index in [1.54, 1.807) is 17.6 Å². The van der Waals surface area contributed by atoms with Gasteiger partial charge in [-0.05, 0) is 86.5 Å². The molecule has 5 fully saturated rings. The van der Waals surface area contributed by atoms with Crippen molar-refractivity contribution < 1.29 is 29.0 Å². The summed E-state index contributed by atoms with van der Waals surface area (Å²) in [5.74, 6) is 0.331. The molecule has 0 radical (unpaired) electrons. The Labute approximate surface area is 318 Å². The lowest BCUT2D eigenvalue weighted by Gasteiger charge is -2.62. The summed E-state index contributed by atoms with van der Waals surface area (Å²) < 4.78 is 8.15. The Morgan fingerprint density at radius 2 is 1.81 bits per heavy atom. The molecule has 2 aromatic rings. The van der Waals surface area contributed by atoms with E-state index >= 15 is 0 Å². The normalized spacial score (nSPS) is 35.8. The first-order valence-corrected chi connectivity index (χ1v) is 20.4. The zero-order chi connectivity index (χ0) is 38.6. The van der Waals surface area contributed by atoms with Crippen LogP contribution >= 0.6 is 0 Å². The van der Waals surface area contributed by atoms with E-state index in [1.807, 2.05) is 4.57 Å². The molecule has 3 aliphatic carbocycles. The molecule has 14 nitrogen and oxygen atoms in total. The predicted octanol–water partition coefficient (Wildman–Crippen LogP) is 4.08. The summed E-state index contributed by atoms with van der Waals surface area (Å²) in [6.45, 7) is 14.1. The van der Waals surface area contributed by atoms with Gasteiger partial charge in [0.1, 0.15) is 18.2 Å². The SMILES string of the molecule is CC[C@]1(C)CC(OC(=O)NC(=O)C2CCN(C(=O)CCn3cnc4c(N5CCC(CN)C5)ncnc43)CC2)C2(C)C(C)CCC3(CCC(=O)C32)C(C)[C@@H]1O. The molecular weight excluding hydrogens is 688 g/mol. The lowest BCUT2D eigenvalue weighted by atomic mass is 9.43. The third-order valence-electron chi connectivity index (χ3n) is 15.3. The molecule has 0 spiro atoms. The lowest BCUT2D eigenvalue weighted by Crippen LogP contribution is -2.63. The number of imide groups is 1. The van der Waals surface area contributed by atoms with Crippen LogP contribution in [-0.2, 0) is 25.7 Å². The molecule has 9 atom stereocenters. The van der Waals surface area contributed by atoms with Gasteiger partial charge in [-0.15, -0.1) is 0 Å². The average Bonchev–Trinajstić information content (AvgIpc) is 3.92. The Hall–Kier alpha value is -3.65. The summed E-state index contributed by atoms with van der Waals surface area (Å²) in [6.07, 6.45) is 7.42. The van der Waals surface area contributed by atoms with Gasteiger partial charge in [0.15, 0.2) is 17.0 Å². The Morgan fingerprint density at radius 1 is 1.06 bits per heavy atom. The maximum Gasteiger partial charge on any atom is 0.414 e. The number of imidazole rings is 1. The van der Waals surface area contributed by atoms with Gasteiger partial charge < -0.3 is 29.9 Å². The standard InChI is InChI=1S/C40H60N8O6/c1-6-38(4)19-29(39(5)24(2)7-13-40(25(3)33(38)51)14-8-28(49)32(39)40)54-37(53)45-36(52)27-10-16-46(17-11-27)30(50)12-18-48-23-44-31-34(42-22-43-35(31)48)47-15-9-26(20-41)21-47/h22-27,29,32-33,51H,6-21,41H2,1-5H3,(H,45,52,53)/t24?,25?,26?,29?,32?,33-,38+,39?,40?/m0/s1. The van der Waals surface area contributed by atoms with Crippen molar-refractivity contribution >= 4 is 40.7 Å². The monoisotopic (exact) mass is 748 g/mol. The summed E-state index contributed by atoms with van der Waals surface area (Å²) in [5, 5.41) is 14.4.